The van der Waals surface area contributed by atoms with Crippen LogP contribution in [-0.4, -0.2) is 18.0 Å². The standard InChI is InChI=1S/C14H14BrN3O2/c1-8-5-13(17-7-11(8)15)18-14(19)10-4-3-9(16)6-12(10)20-2/h3-7H,16H2,1-2H3,(H,17,18,19). The van der Waals surface area contributed by atoms with Crippen molar-refractivity contribution in [3.8, 4) is 5.75 Å². The normalized spacial score (nSPS) is 10.2. The van der Waals surface area contributed by atoms with Gasteiger partial charge in [-0.3, -0.25) is 4.79 Å². The second kappa shape index (κ2) is 5.92. The van der Waals surface area contributed by atoms with Gasteiger partial charge in [0, 0.05) is 22.4 Å². The largest absolute Gasteiger partial charge is 0.496 e. The summed E-state index contributed by atoms with van der Waals surface area (Å²) in [6.45, 7) is 1.92. The van der Waals surface area contributed by atoms with Gasteiger partial charge in [0.15, 0.2) is 0 Å². The Morgan fingerprint density at radius 1 is 1.40 bits per heavy atom. The quantitative estimate of drug-likeness (QED) is 0.845. The number of carbonyl (C=O) groups excluding carboxylic acids is 1. The number of rotatable bonds is 3. The van der Waals surface area contributed by atoms with Gasteiger partial charge in [0.2, 0.25) is 0 Å². The van der Waals surface area contributed by atoms with Crippen molar-refractivity contribution in [2.75, 3.05) is 18.2 Å². The first kappa shape index (κ1) is 14.3. The lowest BCUT2D eigenvalue weighted by Crippen LogP contribution is -2.14. The van der Waals surface area contributed by atoms with Crippen LogP contribution >= 0.6 is 15.9 Å². The zero-order chi connectivity index (χ0) is 14.7. The van der Waals surface area contributed by atoms with Crippen LogP contribution in [0.15, 0.2) is 34.9 Å². The van der Waals surface area contributed by atoms with Crippen LogP contribution in [0.1, 0.15) is 15.9 Å². The number of nitrogens with zero attached hydrogens (tertiary/aromatic N) is 1. The summed E-state index contributed by atoms with van der Waals surface area (Å²) in [6, 6.07) is 6.66. The molecule has 1 heterocycles. The SMILES string of the molecule is COc1cc(N)ccc1C(=O)Nc1cc(C)c(Br)cn1. The van der Waals surface area contributed by atoms with E-state index >= 15 is 0 Å². The summed E-state index contributed by atoms with van der Waals surface area (Å²) >= 11 is 3.36. The van der Waals surface area contributed by atoms with Crippen LogP contribution in [0.4, 0.5) is 11.5 Å². The minimum Gasteiger partial charge on any atom is -0.496 e. The second-order valence-corrected chi connectivity index (χ2v) is 5.09. The van der Waals surface area contributed by atoms with E-state index in [0.29, 0.717) is 22.8 Å². The summed E-state index contributed by atoms with van der Waals surface area (Å²) in [4.78, 5) is 16.4. The third kappa shape index (κ3) is 3.08. The van der Waals surface area contributed by atoms with Gasteiger partial charge < -0.3 is 15.8 Å². The first-order chi connectivity index (χ1) is 9.51. The molecular formula is C14H14BrN3O2. The molecule has 1 aromatic heterocycles. The molecule has 104 valence electrons. The van der Waals surface area contributed by atoms with Crippen LogP contribution in [0.2, 0.25) is 0 Å². The predicted octanol–water partition coefficient (Wildman–Crippen LogP) is 3.00. The molecule has 2 rings (SSSR count). The Hall–Kier alpha value is -2.08. The number of pyridine rings is 1. The van der Waals surface area contributed by atoms with Crippen molar-refractivity contribution >= 4 is 33.3 Å². The molecule has 6 heteroatoms. The lowest BCUT2D eigenvalue weighted by Gasteiger charge is -2.10. The first-order valence-electron chi connectivity index (χ1n) is 5.88. The summed E-state index contributed by atoms with van der Waals surface area (Å²) in [5.41, 5.74) is 7.59. The fourth-order valence-corrected chi connectivity index (χ4v) is 1.90. The number of methoxy groups -OCH3 is 1. The van der Waals surface area contributed by atoms with E-state index in [0.717, 1.165) is 10.0 Å². The molecule has 0 atom stereocenters. The number of hydrogen-bond donors (Lipinski definition) is 2. The number of benzene rings is 1. The highest BCUT2D eigenvalue weighted by Gasteiger charge is 2.13. The van der Waals surface area contributed by atoms with Gasteiger partial charge in [0.05, 0.1) is 12.7 Å². The Bertz CT molecular complexity index is 659. The van der Waals surface area contributed by atoms with E-state index in [1.54, 1.807) is 30.5 Å². The van der Waals surface area contributed by atoms with Gasteiger partial charge >= 0.3 is 0 Å². The Morgan fingerprint density at radius 3 is 2.80 bits per heavy atom. The molecule has 1 amide bonds. The van der Waals surface area contributed by atoms with E-state index in [1.807, 2.05) is 6.92 Å². The van der Waals surface area contributed by atoms with E-state index in [-0.39, 0.29) is 5.91 Å². The molecule has 0 aliphatic rings. The van der Waals surface area contributed by atoms with E-state index < -0.39 is 0 Å². The van der Waals surface area contributed by atoms with Crippen molar-refractivity contribution < 1.29 is 9.53 Å². The monoisotopic (exact) mass is 335 g/mol. The zero-order valence-corrected chi connectivity index (χ0v) is 12.7. The maximum absolute atomic E-state index is 12.2. The van der Waals surface area contributed by atoms with Crippen LogP contribution in [0, 0.1) is 6.92 Å². The number of aromatic nitrogens is 1. The van der Waals surface area contributed by atoms with Crippen molar-refractivity contribution in [2.45, 2.75) is 6.92 Å². The highest BCUT2D eigenvalue weighted by atomic mass is 79.9. The minimum atomic E-state index is -0.295. The van der Waals surface area contributed by atoms with Crippen LogP contribution in [0.5, 0.6) is 5.75 Å². The Labute approximate surface area is 125 Å². The average molecular weight is 336 g/mol. The summed E-state index contributed by atoms with van der Waals surface area (Å²) in [6.07, 6.45) is 1.64. The molecule has 0 fully saturated rings. The van der Waals surface area contributed by atoms with E-state index in [1.165, 1.54) is 7.11 Å². The summed E-state index contributed by atoms with van der Waals surface area (Å²) in [5, 5.41) is 2.73. The maximum atomic E-state index is 12.2. The number of carbonyl (C=O) groups is 1. The number of nitrogens with two attached hydrogens (primary N) is 1. The van der Waals surface area contributed by atoms with Crippen LogP contribution in [0.25, 0.3) is 0 Å². The lowest BCUT2D eigenvalue weighted by molar-refractivity contribution is 0.102. The molecular weight excluding hydrogens is 322 g/mol. The highest BCUT2D eigenvalue weighted by molar-refractivity contribution is 9.10. The van der Waals surface area contributed by atoms with Gasteiger partial charge in [-0.1, -0.05) is 0 Å². The Kier molecular flexibility index (Phi) is 4.24. The van der Waals surface area contributed by atoms with Crippen molar-refractivity contribution in [1.82, 2.24) is 4.98 Å². The third-order valence-corrected chi connectivity index (χ3v) is 3.59. The average Bonchev–Trinajstić information content (AvgIpc) is 2.42. The fourth-order valence-electron chi connectivity index (χ4n) is 1.69. The number of nitrogen functional groups attached to an aromatic ring is 1. The number of anilines is 2. The van der Waals surface area contributed by atoms with Crippen LogP contribution in [0.3, 0.4) is 0 Å². The molecule has 2 aromatic rings. The van der Waals surface area contributed by atoms with Crippen LogP contribution in [-0.2, 0) is 0 Å². The summed E-state index contributed by atoms with van der Waals surface area (Å²) in [5.74, 6) is 0.613. The minimum absolute atomic E-state index is 0.295. The number of ether oxygens (including phenoxy) is 1. The smallest absolute Gasteiger partial charge is 0.260 e. The van der Waals surface area contributed by atoms with Crippen molar-refractivity contribution in [1.29, 1.82) is 0 Å². The second-order valence-electron chi connectivity index (χ2n) is 4.23. The van der Waals surface area contributed by atoms with E-state index in [9.17, 15) is 4.79 Å². The molecule has 0 aliphatic heterocycles. The van der Waals surface area contributed by atoms with Gasteiger partial charge in [-0.05, 0) is 46.6 Å². The molecule has 5 nitrogen and oxygen atoms in total. The third-order valence-electron chi connectivity index (χ3n) is 2.76. The number of amides is 1. The van der Waals surface area contributed by atoms with Gasteiger partial charge in [-0.25, -0.2) is 4.98 Å². The number of nitrogens with one attached hydrogen (secondary N) is 1. The molecule has 20 heavy (non-hydrogen) atoms. The predicted molar refractivity (Wildman–Crippen MR) is 82.0 cm³/mol. The maximum Gasteiger partial charge on any atom is 0.260 e. The van der Waals surface area contributed by atoms with Gasteiger partial charge in [-0.2, -0.15) is 0 Å². The summed E-state index contributed by atoms with van der Waals surface area (Å²) < 4.78 is 6.05. The fraction of sp³-hybridized carbons (Fsp3) is 0.143. The Morgan fingerprint density at radius 2 is 2.15 bits per heavy atom. The van der Waals surface area contributed by atoms with Crippen molar-refractivity contribution in [2.24, 2.45) is 0 Å². The van der Waals surface area contributed by atoms with Gasteiger partial charge in [0.25, 0.3) is 5.91 Å². The molecule has 0 spiro atoms. The number of halogens is 1. The van der Waals surface area contributed by atoms with Crippen LogP contribution < -0.4 is 15.8 Å². The van der Waals surface area contributed by atoms with E-state index in [2.05, 4.69) is 26.2 Å². The molecule has 3 N–H and O–H groups in total. The molecule has 0 radical (unpaired) electrons. The van der Waals surface area contributed by atoms with Gasteiger partial charge in [-0.15, -0.1) is 0 Å². The molecule has 1 aromatic carbocycles. The number of aryl methyl sites for hydroxylation is 1. The molecule has 0 saturated heterocycles. The molecule has 0 aliphatic carbocycles. The topological polar surface area (TPSA) is 77.2 Å². The first-order valence-corrected chi connectivity index (χ1v) is 6.67. The highest BCUT2D eigenvalue weighted by Crippen LogP contribution is 2.23. The molecule has 0 saturated carbocycles. The number of hydrogen-bond acceptors (Lipinski definition) is 4. The molecule has 0 unspecified atom stereocenters. The van der Waals surface area contributed by atoms with Crippen molar-refractivity contribution in [3.63, 3.8) is 0 Å². The zero-order valence-electron chi connectivity index (χ0n) is 11.1. The Balaban J connectivity index is 2.25. The lowest BCUT2D eigenvalue weighted by atomic mass is 10.1. The summed E-state index contributed by atoms with van der Waals surface area (Å²) in [7, 11) is 1.49. The van der Waals surface area contributed by atoms with Gasteiger partial charge in [0.1, 0.15) is 11.6 Å². The molecule has 0 bridgehead atoms. The van der Waals surface area contributed by atoms with Crippen molar-refractivity contribution in [3.05, 3.63) is 46.1 Å². The van der Waals surface area contributed by atoms with E-state index in [4.69, 9.17) is 10.5 Å².